The van der Waals surface area contributed by atoms with Crippen molar-refractivity contribution in [3.63, 3.8) is 0 Å². The Labute approximate surface area is 256 Å². The van der Waals surface area contributed by atoms with Gasteiger partial charge in [-0.15, -0.1) is 0 Å². The van der Waals surface area contributed by atoms with Crippen LogP contribution in [0.3, 0.4) is 0 Å². The predicted octanol–water partition coefficient (Wildman–Crippen LogP) is 9.82. The number of aromatic amines is 1. The van der Waals surface area contributed by atoms with Gasteiger partial charge in [0.05, 0.1) is 6.61 Å². The molecule has 2 aromatic heterocycles. The fourth-order valence-electron chi connectivity index (χ4n) is 5.87. The normalized spacial score (nSPS) is 11.5. The molecule has 5 rings (SSSR count). The first kappa shape index (κ1) is 30.1. The van der Waals surface area contributed by atoms with Crippen molar-refractivity contribution in [2.75, 3.05) is 19.7 Å². The monoisotopic (exact) mass is 569 g/mol. The van der Waals surface area contributed by atoms with Gasteiger partial charge in [0, 0.05) is 53.6 Å². The number of H-pyrrole nitrogens is 1. The van der Waals surface area contributed by atoms with Gasteiger partial charge in [0.1, 0.15) is 5.75 Å². The van der Waals surface area contributed by atoms with Crippen molar-refractivity contribution in [3.8, 4) is 28.0 Å². The van der Waals surface area contributed by atoms with Crippen LogP contribution in [-0.2, 0) is 13.0 Å². The third-order valence-corrected chi connectivity index (χ3v) is 7.91. The van der Waals surface area contributed by atoms with Gasteiger partial charge >= 0.3 is 0 Å². The van der Waals surface area contributed by atoms with Gasteiger partial charge in [0.2, 0.25) is 0 Å². The van der Waals surface area contributed by atoms with Gasteiger partial charge in [0.25, 0.3) is 0 Å². The molecule has 0 amide bonds. The highest BCUT2D eigenvalue weighted by molar-refractivity contribution is 5.96. The molecular weight excluding hydrogens is 526 g/mol. The Morgan fingerprint density at radius 3 is 2.44 bits per heavy atom. The summed E-state index contributed by atoms with van der Waals surface area (Å²) < 4.78 is 6.58. The van der Waals surface area contributed by atoms with Crippen LogP contribution in [-0.4, -0.2) is 34.6 Å². The van der Waals surface area contributed by atoms with E-state index in [9.17, 15) is 0 Å². The van der Waals surface area contributed by atoms with Crippen LogP contribution < -0.4 is 4.74 Å². The van der Waals surface area contributed by atoms with Crippen molar-refractivity contribution in [3.05, 3.63) is 120 Å². The predicted molar refractivity (Wildman–Crippen MR) is 183 cm³/mol. The van der Waals surface area contributed by atoms with Crippen molar-refractivity contribution >= 4 is 23.1 Å². The van der Waals surface area contributed by atoms with Crippen LogP contribution in [0, 0.1) is 0 Å². The van der Waals surface area contributed by atoms with Gasteiger partial charge in [-0.1, -0.05) is 93.3 Å². The van der Waals surface area contributed by atoms with E-state index in [2.05, 4.69) is 114 Å². The van der Waals surface area contributed by atoms with Crippen LogP contribution in [0.1, 0.15) is 55.9 Å². The maximum Gasteiger partial charge on any atom is 0.127 e. The summed E-state index contributed by atoms with van der Waals surface area (Å²) in [7, 11) is 0. The van der Waals surface area contributed by atoms with Crippen LogP contribution in [0.25, 0.3) is 45.3 Å². The Hall–Kier alpha value is -4.41. The van der Waals surface area contributed by atoms with Gasteiger partial charge < -0.3 is 9.72 Å². The average Bonchev–Trinajstić information content (AvgIpc) is 3.46. The molecule has 3 aromatic carbocycles. The maximum atomic E-state index is 6.58. The zero-order chi connectivity index (χ0) is 30.0. The van der Waals surface area contributed by atoms with Gasteiger partial charge in [-0.25, -0.2) is 0 Å². The maximum absolute atomic E-state index is 6.58. The summed E-state index contributed by atoms with van der Waals surface area (Å²) in [6, 6.07) is 24.0. The summed E-state index contributed by atoms with van der Waals surface area (Å²) in [4.78, 5) is 10.3. The molecular formula is C39H43N3O. The number of rotatable bonds is 14. The number of nitrogens with one attached hydrogen (secondary N) is 1. The Balaban J connectivity index is 1.36. The second kappa shape index (κ2) is 14.7. The molecule has 0 saturated carbocycles. The fourth-order valence-corrected chi connectivity index (χ4v) is 5.87. The standard InChI is InChI=1S/C39H43N3O/c1-5-10-31-11-9-12-34(33(31)8-4)32-16-13-29(14-17-32)20-24-43-39-25-30(28-42(22-6-2)23-7-3)15-18-35(39)36-27-41-38-19-21-40-26-37(36)38/h5,8-19,21,25-27,41H,4,6-7,20,22-24,28H2,1-3H3/b10-5-. The van der Waals surface area contributed by atoms with E-state index in [1.807, 2.05) is 31.5 Å². The van der Waals surface area contributed by atoms with E-state index in [0.29, 0.717) is 6.61 Å². The second-order valence-electron chi connectivity index (χ2n) is 11.0. The number of aromatic nitrogens is 2. The molecule has 4 heteroatoms. The summed E-state index contributed by atoms with van der Waals surface area (Å²) in [5, 5.41) is 1.10. The highest BCUT2D eigenvalue weighted by atomic mass is 16.5. The van der Waals surface area contributed by atoms with Crippen molar-refractivity contribution in [1.82, 2.24) is 14.9 Å². The van der Waals surface area contributed by atoms with Gasteiger partial charge in [0.15, 0.2) is 0 Å². The Morgan fingerprint density at radius 2 is 1.70 bits per heavy atom. The lowest BCUT2D eigenvalue weighted by Gasteiger charge is -2.22. The lowest BCUT2D eigenvalue weighted by atomic mass is 9.94. The molecule has 0 atom stereocenters. The second-order valence-corrected chi connectivity index (χ2v) is 11.0. The van der Waals surface area contributed by atoms with E-state index < -0.39 is 0 Å². The third kappa shape index (κ3) is 7.15. The first-order valence-electron chi connectivity index (χ1n) is 15.5. The minimum atomic E-state index is 0.596. The summed E-state index contributed by atoms with van der Waals surface area (Å²) in [5.41, 5.74) is 10.5. The number of fused-ring (bicyclic) bond motifs is 1. The lowest BCUT2D eigenvalue weighted by Crippen LogP contribution is -2.24. The SMILES string of the molecule is C=Cc1c(/C=C\C)cccc1-c1ccc(CCOc2cc(CN(CCC)CCC)ccc2-c2c[nH]c3ccncc23)cc1. The lowest BCUT2D eigenvalue weighted by molar-refractivity contribution is 0.265. The number of pyridine rings is 1. The molecule has 0 unspecified atom stereocenters. The molecule has 2 heterocycles. The number of allylic oxidation sites excluding steroid dienone is 1. The molecule has 0 spiro atoms. The molecule has 0 radical (unpaired) electrons. The van der Waals surface area contributed by atoms with E-state index in [4.69, 9.17) is 4.74 Å². The number of hydrogen-bond donors (Lipinski definition) is 1. The minimum absolute atomic E-state index is 0.596. The summed E-state index contributed by atoms with van der Waals surface area (Å²) in [5.74, 6) is 0.920. The fraction of sp³-hybridized carbons (Fsp3) is 0.256. The smallest absolute Gasteiger partial charge is 0.127 e. The van der Waals surface area contributed by atoms with Gasteiger partial charge in [-0.05, 0) is 78.4 Å². The molecule has 0 saturated heterocycles. The molecule has 0 aliphatic heterocycles. The zero-order valence-corrected chi connectivity index (χ0v) is 25.8. The Morgan fingerprint density at radius 1 is 0.907 bits per heavy atom. The zero-order valence-electron chi connectivity index (χ0n) is 25.8. The van der Waals surface area contributed by atoms with Crippen LogP contribution in [0.15, 0.2) is 98.0 Å². The quantitative estimate of drug-likeness (QED) is 0.145. The Bertz CT molecular complexity index is 1670. The number of hydrogen-bond acceptors (Lipinski definition) is 3. The molecule has 0 aliphatic rings. The highest BCUT2D eigenvalue weighted by Crippen LogP contribution is 2.36. The molecule has 1 N–H and O–H groups in total. The Kier molecular flexibility index (Phi) is 10.2. The minimum Gasteiger partial charge on any atom is -0.493 e. The number of benzene rings is 3. The van der Waals surface area contributed by atoms with E-state index in [0.717, 1.165) is 72.2 Å². The summed E-state index contributed by atoms with van der Waals surface area (Å²) in [6.07, 6.45) is 15.1. The van der Waals surface area contributed by atoms with Crippen LogP contribution in [0.2, 0.25) is 0 Å². The first-order valence-corrected chi connectivity index (χ1v) is 15.5. The topological polar surface area (TPSA) is 41.1 Å². The van der Waals surface area contributed by atoms with Crippen molar-refractivity contribution < 1.29 is 4.74 Å². The molecule has 0 fully saturated rings. The van der Waals surface area contributed by atoms with Gasteiger partial charge in [-0.2, -0.15) is 0 Å². The van der Waals surface area contributed by atoms with E-state index in [1.165, 1.54) is 27.8 Å². The molecule has 4 nitrogen and oxygen atoms in total. The summed E-state index contributed by atoms with van der Waals surface area (Å²) in [6.45, 7) is 14.3. The molecule has 43 heavy (non-hydrogen) atoms. The van der Waals surface area contributed by atoms with Crippen molar-refractivity contribution in [2.45, 2.75) is 46.6 Å². The molecule has 5 aromatic rings. The van der Waals surface area contributed by atoms with Crippen LogP contribution >= 0.6 is 0 Å². The molecule has 0 aliphatic carbocycles. The number of ether oxygens (including phenoxy) is 1. The number of nitrogens with zero attached hydrogens (tertiary/aromatic N) is 2. The average molecular weight is 570 g/mol. The van der Waals surface area contributed by atoms with Crippen LogP contribution in [0.5, 0.6) is 5.75 Å². The van der Waals surface area contributed by atoms with Crippen LogP contribution in [0.4, 0.5) is 0 Å². The van der Waals surface area contributed by atoms with E-state index >= 15 is 0 Å². The molecule has 220 valence electrons. The van der Waals surface area contributed by atoms with E-state index in [-0.39, 0.29) is 0 Å². The van der Waals surface area contributed by atoms with Crippen molar-refractivity contribution in [2.24, 2.45) is 0 Å². The first-order chi connectivity index (χ1) is 21.1. The largest absolute Gasteiger partial charge is 0.493 e. The third-order valence-electron chi connectivity index (χ3n) is 7.91. The van der Waals surface area contributed by atoms with Gasteiger partial charge in [-0.3, -0.25) is 9.88 Å². The van der Waals surface area contributed by atoms with E-state index in [1.54, 1.807) is 0 Å². The highest BCUT2D eigenvalue weighted by Gasteiger charge is 2.14. The summed E-state index contributed by atoms with van der Waals surface area (Å²) >= 11 is 0. The van der Waals surface area contributed by atoms with Crippen molar-refractivity contribution in [1.29, 1.82) is 0 Å². The molecule has 0 bridgehead atoms.